The van der Waals surface area contributed by atoms with Crippen molar-refractivity contribution in [2.75, 3.05) is 13.1 Å². The predicted octanol–water partition coefficient (Wildman–Crippen LogP) is 2.64. The second-order valence-corrected chi connectivity index (χ2v) is 6.59. The van der Waals surface area contributed by atoms with Crippen LogP contribution in [0.3, 0.4) is 0 Å². The van der Waals surface area contributed by atoms with Gasteiger partial charge in [-0.2, -0.15) is 0 Å². The van der Waals surface area contributed by atoms with Crippen molar-refractivity contribution in [2.45, 2.75) is 57.4 Å². The molecule has 102 valence electrons. The van der Waals surface area contributed by atoms with Gasteiger partial charge in [-0.3, -0.25) is 0 Å². The molecule has 0 amide bonds. The van der Waals surface area contributed by atoms with E-state index in [0.29, 0.717) is 0 Å². The van der Waals surface area contributed by atoms with E-state index in [2.05, 4.69) is 22.6 Å². The number of aryl methyl sites for hydroxylation is 1. The molecule has 1 saturated carbocycles. The number of nitrogens with two attached hydrogens (primary N) is 1. The van der Waals surface area contributed by atoms with Gasteiger partial charge in [-0.1, -0.05) is 19.3 Å². The van der Waals surface area contributed by atoms with Crippen molar-refractivity contribution in [1.82, 2.24) is 10.3 Å². The lowest BCUT2D eigenvalue weighted by atomic mass is 9.80. The SMILES string of the molecule is Cc1nc(CCNCCC2(N)CCCCC2)cs1. The minimum absolute atomic E-state index is 0.114. The lowest BCUT2D eigenvalue weighted by molar-refractivity contribution is 0.275. The highest BCUT2D eigenvalue weighted by Gasteiger charge is 2.26. The molecule has 0 radical (unpaired) electrons. The first-order valence-corrected chi connectivity index (χ1v) is 7.97. The second-order valence-electron chi connectivity index (χ2n) is 5.53. The third kappa shape index (κ3) is 4.34. The molecule has 18 heavy (non-hydrogen) atoms. The number of hydrogen-bond donors (Lipinski definition) is 2. The third-order valence-electron chi connectivity index (χ3n) is 3.87. The first-order valence-electron chi connectivity index (χ1n) is 7.09. The standard InChI is InChI=1S/C14H25N3S/c1-12-17-13(11-18-12)5-9-16-10-8-14(15)6-3-2-4-7-14/h11,16H,2-10,15H2,1H3. The molecule has 1 fully saturated rings. The summed E-state index contributed by atoms with van der Waals surface area (Å²) in [6, 6.07) is 0. The molecular formula is C14H25N3S. The third-order valence-corrected chi connectivity index (χ3v) is 4.70. The normalized spacial score (nSPS) is 19.0. The van der Waals surface area contributed by atoms with Crippen LogP contribution in [0.5, 0.6) is 0 Å². The molecule has 2 rings (SSSR count). The van der Waals surface area contributed by atoms with Crippen molar-refractivity contribution >= 4 is 11.3 Å². The molecule has 1 aromatic heterocycles. The lowest BCUT2D eigenvalue weighted by Gasteiger charge is -2.33. The van der Waals surface area contributed by atoms with Gasteiger partial charge in [0.25, 0.3) is 0 Å². The molecule has 0 unspecified atom stereocenters. The van der Waals surface area contributed by atoms with Crippen LogP contribution in [0.4, 0.5) is 0 Å². The van der Waals surface area contributed by atoms with Crippen molar-refractivity contribution in [2.24, 2.45) is 5.73 Å². The van der Waals surface area contributed by atoms with Gasteiger partial charge < -0.3 is 11.1 Å². The molecule has 0 aliphatic heterocycles. The van der Waals surface area contributed by atoms with Crippen molar-refractivity contribution in [3.8, 4) is 0 Å². The quantitative estimate of drug-likeness (QED) is 0.779. The Labute approximate surface area is 114 Å². The fourth-order valence-electron chi connectivity index (χ4n) is 2.71. The molecule has 3 N–H and O–H groups in total. The van der Waals surface area contributed by atoms with Crippen LogP contribution >= 0.6 is 11.3 Å². The van der Waals surface area contributed by atoms with Gasteiger partial charge in [0.2, 0.25) is 0 Å². The van der Waals surface area contributed by atoms with Crippen LogP contribution < -0.4 is 11.1 Å². The van der Waals surface area contributed by atoms with Gasteiger partial charge in [-0.05, 0) is 32.7 Å². The molecule has 4 heteroatoms. The van der Waals surface area contributed by atoms with Crippen molar-refractivity contribution in [1.29, 1.82) is 0 Å². The van der Waals surface area contributed by atoms with Crippen LogP contribution in [0, 0.1) is 6.92 Å². The van der Waals surface area contributed by atoms with Gasteiger partial charge in [-0.15, -0.1) is 11.3 Å². The first kappa shape index (κ1) is 14.0. The van der Waals surface area contributed by atoms with Gasteiger partial charge >= 0.3 is 0 Å². The van der Waals surface area contributed by atoms with E-state index in [-0.39, 0.29) is 5.54 Å². The van der Waals surface area contributed by atoms with Gasteiger partial charge in [0.05, 0.1) is 10.7 Å². The summed E-state index contributed by atoms with van der Waals surface area (Å²) in [7, 11) is 0. The average molecular weight is 267 g/mol. The second kappa shape index (κ2) is 6.64. The maximum atomic E-state index is 6.41. The van der Waals surface area contributed by atoms with E-state index < -0.39 is 0 Å². The summed E-state index contributed by atoms with van der Waals surface area (Å²) in [5.74, 6) is 0. The fourth-order valence-corrected chi connectivity index (χ4v) is 3.35. The molecule has 3 nitrogen and oxygen atoms in total. The molecule has 0 bridgehead atoms. The highest BCUT2D eigenvalue weighted by atomic mass is 32.1. The summed E-state index contributed by atoms with van der Waals surface area (Å²) in [5, 5.41) is 6.82. The average Bonchev–Trinajstić information content (AvgIpc) is 2.75. The summed E-state index contributed by atoms with van der Waals surface area (Å²) in [6.45, 7) is 4.11. The maximum absolute atomic E-state index is 6.41. The summed E-state index contributed by atoms with van der Waals surface area (Å²) in [4.78, 5) is 4.47. The first-order chi connectivity index (χ1) is 8.68. The Hall–Kier alpha value is -0.450. The molecule has 1 heterocycles. The number of aromatic nitrogens is 1. The summed E-state index contributed by atoms with van der Waals surface area (Å²) in [6.07, 6.45) is 8.56. The summed E-state index contributed by atoms with van der Waals surface area (Å²) >= 11 is 1.73. The predicted molar refractivity (Wildman–Crippen MR) is 78.0 cm³/mol. The molecule has 1 aliphatic rings. The van der Waals surface area contributed by atoms with Crippen LogP contribution in [0.25, 0.3) is 0 Å². The summed E-state index contributed by atoms with van der Waals surface area (Å²) < 4.78 is 0. The minimum atomic E-state index is 0.114. The zero-order valence-electron chi connectivity index (χ0n) is 11.4. The van der Waals surface area contributed by atoms with Gasteiger partial charge in [-0.25, -0.2) is 4.98 Å². The zero-order valence-corrected chi connectivity index (χ0v) is 12.2. The highest BCUT2D eigenvalue weighted by Crippen LogP contribution is 2.28. The lowest BCUT2D eigenvalue weighted by Crippen LogP contribution is -2.44. The van der Waals surface area contributed by atoms with Gasteiger partial charge in [0.15, 0.2) is 0 Å². The Morgan fingerprint density at radius 3 is 2.78 bits per heavy atom. The number of thiazole rings is 1. The number of nitrogens with zero attached hydrogens (tertiary/aromatic N) is 1. The summed E-state index contributed by atoms with van der Waals surface area (Å²) in [5.41, 5.74) is 7.73. The van der Waals surface area contributed by atoms with E-state index in [1.54, 1.807) is 11.3 Å². The molecule has 1 aliphatic carbocycles. The Morgan fingerprint density at radius 2 is 2.11 bits per heavy atom. The van der Waals surface area contributed by atoms with E-state index >= 15 is 0 Å². The minimum Gasteiger partial charge on any atom is -0.325 e. The topological polar surface area (TPSA) is 50.9 Å². The monoisotopic (exact) mass is 267 g/mol. The van der Waals surface area contributed by atoms with Crippen LogP contribution in [0.2, 0.25) is 0 Å². The van der Waals surface area contributed by atoms with E-state index in [1.807, 2.05) is 0 Å². The maximum Gasteiger partial charge on any atom is 0.0897 e. The zero-order chi connectivity index (χ0) is 12.8. The number of hydrogen-bond acceptors (Lipinski definition) is 4. The Balaban J connectivity index is 1.58. The van der Waals surface area contributed by atoms with E-state index in [1.165, 1.54) is 37.8 Å². The van der Waals surface area contributed by atoms with E-state index in [4.69, 9.17) is 5.73 Å². The Kier molecular flexibility index (Phi) is 5.15. The molecule has 1 aromatic rings. The fraction of sp³-hybridized carbons (Fsp3) is 0.786. The molecule has 0 saturated heterocycles. The molecule has 0 spiro atoms. The van der Waals surface area contributed by atoms with E-state index in [0.717, 1.165) is 30.9 Å². The molecule has 0 aromatic carbocycles. The highest BCUT2D eigenvalue weighted by molar-refractivity contribution is 7.09. The Morgan fingerprint density at radius 1 is 1.33 bits per heavy atom. The van der Waals surface area contributed by atoms with Crippen molar-refractivity contribution < 1.29 is 0 Å². The van der Waals surface area contributed by atoms with Crippen LogP contribution in [0.1, 0.15) is 49.2 Å². The van der Waals surface area contributed by atoms with Crippen LogP contribution in [-0.2, 0) is 6.42 Å². The smallest absolute Gasteiger partial charge is 0.0897 e. The Bertz CT molecular complexity index is 356. The van der Waals surface area contributed by atoms with Crippen molar-refractivity contribution in [3.63, 3.8) is 0 Å². The van der Waals surface area contributed by atoms with Crippen LogP contribution in [-0.4, -0.2) is 23.6 Å². The largest absolute Gasteiger partial charge is 0.325 e. The molecule has 0 atom stereocenters. The van der Waals surface area contributed by atoms with Crippen LogP contribution in [0.15, 0.2) is 5.38 Å². The van der Waals surface area contributed by atoms with Crippen molar-refractivity contribution in [3.05, 3.63) is 16.1 Å². The van der Waals surface area contributed by atoms with E-state index in [9.17, 15) is 0 Å². The van der Waals surface area contributed by atoms with Gasteiger partial charge in [0, 0.05) is 23.9 Å². The molecular weight excluding hydrogens is 242 g/mol. The number of nitrogens with one attached hydrogen (secondary N) is 1. The number of rotatable bonds is 6. The van der Waals surface area contributed by atoms with Gasteiger partial charge in [0.1, 0.15) is 0 Å².